The fourth-order valence-corrected chi connectivity index (χ4v) is 3.20. The predicted octanol–water partition coefficient (Wildman–Crippen LogP) is 3.82. The molecule has 0 unspecified atom stereocenters. The van der Waals surface area contributed by atoms with Crippen LogP contribution in [0.4, 0.5) is 21.5 Å². The second-order valence-electron chi connectivity index (χ2n) is 6.45. The Kier molecular flexibility index (Phi) is 4.58. The molecule has 1 amide bonds. The summed E-state index contributed by atoms with van der Waals surface area (Å²) in [5.74, 6) is -0.606. The second kappa shape index (κ2) is 7.17. The molecule has 2 aromatic carbocycles. The lowest BCUT2D eigenvalue weighted by molar-refractivity contribution is -0.110. The Morgan fingerprint density at radius 2 is 1.81 bits per heavy atom. The third-order valence-corrected chi connectivity index (χ3v) is 4.62. The largest absolute Gasteiger partial charge is 0.382 e. The molecule has 0 aromatic heterocycles. The van der Waals surface area contributed by atoms with Gasteiger partial charge in [0.15, 0.2) is 0 Å². The first-order valence-electron chi connectivity index (χ1n) is 8.71. The summed E-state index contributed by atoms with van der Waals surface area (Å²) in [5.41, 5.74) is 3.53. The lowest BCUT2D eigenvalue weighted by Gasteiger charge is -2.24. The molecule has 0 aliphatic carbocycles. The van der Waals surface area contributed by atoms with Gasteiger partial charge in [-0.1, -0.05) is 0 Å². The molecule has 134 valence electrons. The number of carbonyl (C=O) groups excluding carboxylic acids is 1. The van der Waals surface area contributed by atoms with Gasteiger partial charge in [-0.3, -0.25) is 4.79 Å². The van der Waals surface area contributed by atoms with E-state index in [9.17, 15) is 9.18 Å². The van der Waals surface area contributed by atoms with Crippen molar-refractivity contribution in [3.05, 3.63) is 60.0 Å². The van der Waals surface area contributed by atoms with Gasteiger partial charge in [-0.25, -0.2) is 4.39 Å². The van der Waals surface area contributed by atoms with Crippen LogP contribution in [0.25, 0.3) is 5.57 Å². The molecule has 2 aromatic rings. The molecule has 1 saturated heterocycles. The Bertz CT molecular complexity index is 843. The number of amides is 1. The van der Waals surface area contributed by atoms with Crippen LogP contribution in [-0.4, -0.2) is 25.2 Å². The molecular weight excluding hydrogens is 333 g/mol. The van der Waals surface area contributed by atoms with Gasteiger partial charge in [0.2, 0.25) is 0 Å². The zero-order chi connectivity index (χ0) is 17.9. The van der Waals surface area contributed by atoms with Crippen LogP contribution in [0.5, 0.6) is 0 Å². The van der Waals surface area contributed by atoms with Crippen molar-refractivity contribution in [2.24, 2.45) is 0 Å². The van der Waals surface area contributed by atoms with E-state index in [0.717, 1.165) is 37.4 Å². The number of hydrogen-bond donors (Lipinski definition) is 3. The van der Waals surface area contributed by atoms with Crippen molar-refractivity contribution in [3.63, 3.8) is 0 Å². The summed E-state index contributed by atoms with van der Waals surface area (Å²) in [7, 11) is 0. The third kappa shape index (κ3) is 3.55. The molecular formula is C20H20FN3O2. The normalized spacial score (nSPS) is 18.5. The highest BCUT2D eigenvalue weighted by Gasteiger charge is 2.24. The predicted molar refractivity (Wildman–Crippen MR) is 101 cm³/mol. The number of nitrogens with one attached hydrogen (secondary N) is 3. The van der Waals surface area contributed by atoms with Gasteiger partial charge in [0, 0.05) is 48.1 Å². The number of ether oxygens (including phenoxy) is 1. The number of hydrogen-bond acceptors (Lipinski definition) is 4. The molecule has 4 rings (SSSR count). The highest BCUT2D eigenvalue weighted by molar-refractivity contribution is 6.31. The molecule has 2 aliphatic rings. The van der Waals surface area contributed by atoms with Crippen LogP contribution < -0.4 is 16.0 Å². The third-order valence-electron chi connectivity index (χ3n) is 4.62. The maximum Gasteiger partial charge on any atom is 0.257 e. The maximum absolute atomic E-state index is 13.5. The Balaban J connectivity index is 1.44. The van der Waals surface area contributed by atoms with Crippen LogP contribution in [-0.2, 0) is 9.53 Å². The minimum Gasteiger partial charge on any atom is -0.382 e. The van der Waals surface area contributed by atoms with Crippen molar-refractivity contribution in [1.29, 1.82) is 0 Å². The fraction of sp³-hybridized carbons (Fsp3) is 0.250. The number of rotatable bonds is 4. The topological polar surface area (TPSA) is 62.4 Å². The average molecular weight is 353 g/mol. The van der Waals surface area contributed by atoms with Crippen LogP contribution in [0, 0.1) is 5.82 Å². The van der Waals surface area contributed by atoms with E-state index < -0.39 is 0 Å². The zero-order valence-corrected chi connectivity index (χ0v) is 14.2. The molecule has 0 atom stereocenters. The number of fused-ring (bicyclic) bond motifs is 1. The van der Waals surface area contributed by atoms with E-state index in [-0.39, 0.29) is 11.7 Å². The summed E-state index contributed by atoms with van der Waals surface area (Å²) >= 11 is 0. The summed E-state index contributed by atoms with van der Waals surface area (Å²) in [6.07, 6.45) is 3.63. The average Bonchev–Trinajstić information content (AvgIpc) is 2.96. The van der Waals surface area contributed by atoms with E-state index in [1.807, 2.05) is 24.3 Å². The van der Waals surface area contributed by atoms with Gasteiger partial charge in [-0.15, -0.1) is 0 Å². The molecule has 3 N–H and O–H groups in total. The first-order chi connectivity index (χ1) is 12.7. The molecule has 2 aliphatic heterocycles. The summed E-state index contributed by atoms with van der Waals surface area (Å²) in [6, 6.07) is 12.6. The monoisotopic (exact) mass is 353 g/mol. The lowest BCUT2D eigenvalue weighted by atomic mass is 10.1. The zero-order valence-electron chi connectivity index (χ0n) is 14.2. The summed E-state index contributed by atoms with van der Waals surface area (Å²) in [6.45, 7) is 1.60. The van der Waals surface area contributed by atoms with Crippen molar-refractivity contribution in [3.8, 4) is 0 Å². The number of anilines is 3. The highest BCUT2D eigenvalue weighted by Crippen LogP contribution is 2.32. The summed E-state index contributed by atoms with van der Waals surface area (Å²) < 4.78 is 18.8. The van der Waals surface area contributed by atoms with Gasteiger partial charge in [0.1, 0.15) is 5.82 Å². The molecule has 5 nitrogen and oxygen atoms in total. The number of halogens is 1. The first-order valence-corrected chi connectivity index (χ1v) is 8.71. The highest BCUT2D eigenvalue weighted by atomic mass is 19.1. The van der Waals surface area contributed by atoms with Crippen molar-refractivity contribution >= 4 is 28.5 Å². The van der Waals surface area contributed by atoms with Crippen molar-refractivity contribution in [2.75, 3.05) is 29.2 Å². The minimum absolute atomic E-state index is 0.240. The van der Waals surface area contributed by atoms with Crippen LogP contribution in [0.2, 0.25) is 0 Å². The molecule has 26 heavy (non-hydrogen) atoms. The molecule has 6 heteroatoms. The van der Waals surface area contributed by atoms with E-state index in [2.05, 4.69) is 16.0 Å². The van der Waals surface area contributed by atoms with Gasteiger partial charge in [-0.2, -0.15) is 0 Å². The fourth-order valence-electron chi connectivity index (χ4n) is 3.20. The second-order valence-corrected chi connectivity index (χ2v) is 6.45. The van der Waals surface area contributed by atoms with Crippen molar-refractivity contribution < 1.29 is 13.9 Å². The molecule has 2 heterocycles. The number of benzene rings is 2. The van der Waals surface area contributed by atoms with Crippen LogP contribution >= 0.6 is 0 Å². The van der Waals surface area contributed by atoms with E-state index in [1.165, 1.54) is 12.1 Å². The van der Waals surface area contributed by atoms with Gasteiger partial charge < -0.3 is 20.7 Å². The van der Waals surface area contributed by atoms with E-state index in [4.69, 9.17) is 4.74 Å². The quantitative estimate of drug-likeness (QED) is 0.731. The Morgan fingerprint density at radius 1 is 1.08 bits per heavy atom. The summed E-state index contributed by atoms with van der Waals surface area (Å²) in [5, 5.41) is 9.35. The Hall–Kier alpha value is -2.86. The van der Waals surface area contributed by atoms with Gasteiger partial charge in [-0.05, 0) is 55.3 Å². The van der Waals surface area contributed by atoms with Gasteiger partial charge in [0.25, 0.3) is 5.91 Å². The molecule has 0 bridgehead atoms. The van der Waals surface area contributed by atoms with Crippen LogP contribution in [0.15, 0.2) is 48.7 Å². The maximum atomic E-state index is 13.5. The summed E-state index contributed by atoms with van der Waals surface area (Å²) in [4.78, 5) is 12.1. The molecule has 0 saturated carbocycles. The SMILES string of the molecule is O=C1Nc2ccc(F)cc2C1=CNc1ccc(NC2CCOCC2)cc1. The Labute approximate surface area is 151 Å². The van der Waals surface area contributed by atoms with E-state index in [1.54, 1.807) is 12.3 Å². The van der Waals surface area contributed by atoms with Crippen LogP contribution in [0.1, 0.15) is 18.4 Å². The van der Waals surface area contributed by atoms with Gasteiger partial charge in [0.05, 0.1) is 5.57 Å². The molecule has 1 fully saturated rings. The van der Waals surface area contributed by atoms with Crippen LogP contribution in [0.3, 0.4) is 0 Å². The molecule has 0 spiro atoms. The first kappa shape index (κ1) is 16.6. The smallest absolute Gasteiger partial charge is 0.257 e. The van der Waals surface area contributed by atoms with Gasteiger partial charge >= 0.3 is 0 Å². The van der Waals surface area contributed by atoms with E-state index in [0.29, 0.717) is 22.9 Å². The Morgan fingerprint density at radius 3 is 2.58 bits per heavy atom. The lowest BCUT2D eigenvalue weighted by Crippen LogP contribution is -2.27. The minimum atomic E-state index is -0.366. The standard InChI is InChI=1S/C20H20FN3O2/c21-13-1-6-19-17(11-13)18(20(25)24-19)12-22-14-2-4-15(5-3-14)23-16-7-9-26-10-8-16/h1-6,11-12,16,22-23H,7-10H2,(H,24,25). The van der Waals surface area contributed by atoms with Crippen molar-refractivity contribution in [1.82, 2.24) is 0 Å². The molecule has 0 radical (unpaired) electrons. The number of carbonyl (C=O) groups is 1. The van der Waals surface area contributed by atoms with Crippen molar-refractivity contribution in [2.45, 2.75) is 18.9 Å². The van der Waals surface area contributed by atoms with E-state index >= 15 is 0 Å².